The fourth-order valence-corrected chi connectivity index (χ4v) is 4.13. The van der Waals surface area contributed by atoms with Crippen LogP contribution in [-0.2, 0) is 4.79 Å². The van der Waals surface area contributed by atoms with Gasteiger partial charge in [-0.3, -0.25) is 4.79 Å². The van der Waals surface area contributed by atoms with E-state index >= 15 is 0 Å². The monoisotopic (exact) mass is 382 g/mol. The van der Waals surface area contributed by atoms with E-state index in [-0.39, 0.29) is 5.92 Å². The first-order valence-electron chi connectivity index (χ1n) is 12.2. The second kappa shape index (κ2) is 18.8. The van der Waals surface area contributed by atoms with E-state index in [0.29, 0.717) is 5.92 Å². The Balaban J connectivity index is 4.08. The fraction of sp³-hybridized carbons (Fsp3) is 0.960. The summed E-state index contributed by atoms with van der Waals surface area (Å²) in [5, 5.41) is 9.68. The summed E-state index contributed by atoms with van der Waals surface area (Å²) in [5.74, 6) is 0.781. The van der Waals surface area contributed by atoms with Gasteiger partial charge in [0.05, 0.1) is 5.92 Å². The largest absolute Gasteiger partial charge is 0.481 e. The first-order valence-corrected chi connectivity index (χ1v) is 12.2. The Hall–Kier alpha value is -0.530. The van der Waals surface area contributed by atoms with Crippen molar-refractivity contribution in [3.63, 3.8) is 0 Å². The van der Waals surface area contributed by atoms with E-state index in [1.54, 1.807) is 0 Å². The summed E-state index contributed by atoms with van der Waals surface area (Å²) < 4.78 is 0. The molecule has 0 aliphatic rings. The van der Waals surface area contributed by atoms with Crippen LogP contribution in [0.2, 0.25) is 0 Å². The van der Waals surface area contributed by atoms with Crippen LogP contribution in [0, 0.1) is 17.8 Å². The number of carboxylic acid groups (broad SMARTS) is 1. The Labute approximate surface area is 170 Å². The highest BCUT2D eigenvalue weighted by molar-refractivity contribution is 5.69. The van der Waals surface area contributed by atoms with Crippen molar-refractivity contribution in [2.45, 2.75) is 137 Å². The van der Waals surface area contributed by atoms with Crippen LogP contribution in [0.5, 0.6) is 0 Å². The van der Waals surface area contributed by atoms with Crippen LogP contribution in [0.3, 0.4) is 0 Å². The molecule has 0 aromatic rings. The topological polar surface area (TPSA) is 37.3 Å². The zero-order valence-electron chi connectivity index (χ0n) is 19.1. The fourth-order valence-electron chi connectivity index (χ4n) is 4.13. The lowest BCUT2D eigenvalue weighted by Gasteiger charge is -2.21. The van der Waals surface area contributed by atoms with Crippen molar-refractivity contribution in [1.29, 1.82) is 0 Å². The lowest BCUT2D eigenvalue weighted by Crippen LogP contribution is -2.18. The van der Waals surface area contributed by atoms with E-state index in [9.17, 15) is 9.90 Å². The quantitative estimate of drug-likeness (QED) is 0.214. The third kappa shape index (κ3) is 17.3. The van der Waals surface area contributed by atoms with Crippen LogP contribution >= 0.6 is 0 Å². The molecule has 2 atom stereocenters. The summed E-state index contributed by atoms with van der Waals surface area (Å²) in [6.07, 6.45) is 20.9. The molecular weight excluding hydrogens is 332 g/mol. The van der Waals surface area contributed by atoms with Gasteiger partial charge >= 0.3 is 5.97 Å². The maximum absolute atomic E-state index is 11.8. The average molecular weight is 383 g/mol. The second-order valence-electron chi connectivity index (χ2n) is 9.22. The van der Waals surface area contributed by atoms with Gasteiger partial charge in [-0.25, -0.2) is 0 Å². The van der Waals surface area contributed by atoms with E-state index in [1.807, 2.05) is 0 Å². The van der Waals surface area contributed by atoms with Gasteiger partial charge in [-0.2, -0.15) is 0 Å². The minimum absolute atomic E-state index is 0.112. The molecule has 0 saturated heterocycles. The average Bonchev–Trinajstić information content (AvgIpc) is 2.63. The Morgan fingerprint density at radius 1 is 0.667 bits per heavy atom. The van der Waals surface area contributed by atoms with Gasteiger partial charge in [0.1, 0.15) is 0 Å². The molecule has 2 heteroatoms. The minimum atomic E-state index is -0.554. The first kappa shape index (κ1) is 26.5. The van der Waals surface area contributed by atoms with Crippen LogP contribution in [0.15, 0.2) is 0 Å². The third-order valence-electron chi connectivity index (χ3n) is 5.98. The Kier molecular flexibility index (Phi) is 18.4. The molecule has 2 unspecified atom stereocenters. The van der Waals surface area contributed by atoms with Gasteiger partial charge in [-0.1, -0.05) is 124 Å². The normalized spacial score (nSPS) is 13.8. The van der Waals surface area contributed by atoms with Gasteiger partial charge in [-0.05, 0) is 24.7 Å². The highest BCUT2D eigenvalue weighted by Gasteiger charge is 2.21. The van der Waals surface area contributed by atoms with E-state index in [1.165, 1.54) is 89.9 Å². The molecule has 0 aliphatic carbocycles. The smallest absolute Gasteiger partial charge is 0.306 e. The van der Waals surface area contributed by atoms with Crippen molar-refractivity contribution in [2.75, 3.05) is 0 Å². The number of hydrogen-bond acceptors (Lipinski definition) is 1. The molecule has 0 aromatic carbocycles. The highest BCUT2D eigenvalue weighted by atomic mass is 16.4. The predicted molar refractivity (Wildman–Crippen MR) is 119 cm³/mol. The zero-order chi connectivity index (χ0) is 20.3. The number of carboxylic acids is 1. The van der Waals surface area contributed by atoms with Crippen LogP contribution in [0.4, 0.5) is 0 Å². The number of aliphatic carboxylic acids is 1. The van der Waals surface area contributed by atoms with E-state index in [4.69, 9.17) is 0 Å². The molecule has 0 rings (SSSR count). The Morgan fingerprint density at radius 2 is 1.15 bits per heavy atom. The van der Waals surface area contributed by atoms with E-state index in [0.717, 1.165) is 25.2 Å². The molecule has 0 aromatic heterocycles. The van der Waals surface area contributed by atoms with Gasteiger partial charge in [-0.15, -0.1) is 0 Å². The van der Waals surface area contributed by atoms with Crippen molar-refractivity contribution in [3.8, 4) is 0 Å². The Morgan fingerprint density at radius 3 is 1.70 bits per heavy atom. The summed E-state index contributed by atoms with van der Waals surface area (Å²) in [5.41, 5.74) is 0. The molecule has 1 N–H and O–H groups in total. The molecule has 0 heterocycles. The summed E-state index contributed by atoms with van der Waals surface area (Å²) in [4.78, 5) is 11.8. The maximum Gasteiger partial charge on any atom is 0.306 e. The molecule has 0 saturated carbocycles. The lowest BCUT2D eigenvalue weighted by molar-refractivity contribution is -0.142. The summed E-state index contributed by atoms with van der Waals surface area (Å²) in [6, 6.07) is 0. The molecule has 0 aliphatic heterocycles. The molecule has 162 valence electrons. The van der Waals surface area contributed by atoms with Crippen LogP contribution in [-0.4, -0.2) is 11.1 Å². The number of carbonyl (C=O) groups is 1. The number of unbranched alkanes of at least 4 members (excludes halogenated alkanes) is 9. The van der Waals surface area contributed by atoms with Gasteiger partial charge in [0.25, 0.3) is 0 Å². The van der Waals surface area contributed by atoms with E-state index in [2.05, 4.69) is 27.7 Å². The van der Waals surface area contributed by atoms with Crippen LogP contribution in [0.1, 0.15) is 137 Å². The van der Waals surface area contributed by atoms with Crippen molar-refractivity contribution < 1.29 is 9.90 Å². The summed E-state index contributed by atoms with van der Waals surface area (Å²) >= 11 is 0. The predicted octanol–water partition coefficient (Wildman–Crippen LogP) is 8.63. The van der Waals surface area contributed by atoms with Crippen molar-refractivity contribution in [3.05, 3.63) is 0 Å². The van der Waals surface area contributed by atoms with Crippen LogP contribution in [0.25, 0.3) is 0 Å². The third-order valence-corrected chi connectivity index (χ3v) is 5.98. The van der Waals surface area contributed by atoms with Gasteiger partial charge in [0.15, 0.2) is 0 Å². The molecule has 0 amide bonds. The summed E-state index contributed by atoms with van der Waals surface area (Å²) in [7, 11) is 0. The van der Waals surface area contributed by atoms with Crippen molar-refractivity contribution in [1.82, 2.24) is 0 Å². The van der Waals surface area contributed by atoms with Crippen molar-refractivity contribution in [2.24, 2.45) is 17.8 Å². The van der Waals surface area contributed by atoms with Gasteiger partial charge in [0.2, 0.25) is 0 Å². The zero-order valence-corrected chi connectivity index (χ0v) is 19.1. The molecule has 0 fully saturated rings. The Bertz CT molecular complexity index is 324. The molecule has 2 nitrogen and oxygen atoms in total. The molecule has 0 spiro atoms. The molecule has 0 radical (unpaired) electrons. The summed E-state index contributed by atoms with van der Waals surface area (Å²) in [6.45, 7) is 9.08. The number of rotatable bonds is 20. The van der Waals surface area contributed by atoms with E-state index < -0.39 is 5.97 Å². The standard InChI is InChI=1S/C25H50O2/c1-5-7-9-15-19-23(18-8-6-2)21-24(25(26)27)20-16-13-11-10-12-14-17-22(3)4/h22-24H,5-21H2,1-4H3,(H,26,27). The minimum Gasteiger partial charge on any atom is -0.481 e. The first-order chi connectivity index (χ1) is 13.0. The maximum atomic E-state index is 11.8. The van der Waals surface area contributed by atoms with Gasteiger partial charge < -0.3 is 5.11 Å². The molecule has 0 bridgehead atoms. The second-order valence-corrected chi connectivity index (χ2v) is 9.22. The molecular formula is C25H50O2. The van der Waals surface area contributed by atoms with Crippen LogP contribution < -0.4 is 0 Å². The van der Waals surface area contributed by atoms with Crippen molar-refractivity contribution >= 4 is 5.97 Å². The molecule has 27 heavy (non-hydrogen) atoms. The SMILES string of the molecule is CCCCCCC(CCCC)CC(CCCCCCCCC(C)C)C(=O)O. The number of hydrogen-bond donors (Lipinski definition) is 1. The lowest BCUT2D eigenvalue weighted by atomic mass is 9.84. The highest BCUT2D eigenvalue weighted by Crippen LogP contribution is 2.27. The van der Waals surface area contributed by atoms with Gasteiger partial charge in [0, 0.05) is 0 Å².